The van der Waals surface area contributed by atoms with Crippen molar-refractivity contribution >= 4 is 30.7 Å². The van der Waals surface area contributed by atoms with Crippen LogP contribution in [0.5, 0.6) is 0 Å². The van der Waals surface area contributed by atoms with Gasteiger partial charge in [-0.1, -0.05) is 49.5 Å². The molecule has 0 aliphatic rings. The summed E-state index contributed by atoms with van der Waals surface area (Å²) in [5.41, 5.74) is 6.39. The summed E-state index contributed by atoms with van der Waals surface area (Å²) in [5, 5.41) is 3.18. The first-order valence-corrected chi connectivity index (χ1v) is 13.8. The zero-order valence-corrected chi connectivity index (χ0v) is 18.9. The quantitative estimate of drug-likeness (QED) is 0.345. The Balaban J connectivity index is 1.81. The van der Waals surface area contributed by atoms with E-state index in [4.69, 9.17) is 9.72 Å². The number of nitrogens with zero attached hydrogens (tertiary/aromatic N) is 4. The SMILES string of the molecule is CNc1ncc2cnc3c(cc(-c4ccc(C)cc4)n3COCC[Si](C)(C)C)n12. The van der Waals surface area contributed by atoms with E-state index in [0.717, 1.165) is 46.5 Å². The van der Waals surface area contributed by atoms with Gasteiger partial charge >= 0.3 is 0 Å². The number of hydrogen-bond donors (Lipinski definition) is 1. The van der Waals surface area contributed by atoms with E-state index in [0.29, 0.717) is 6.73 Å². The van der Waals surface area contributed by atoms with Crippen LogP contribution in [-0.4, -0.2) is 40.7 Å². The van der Waals surface area contributed by atoms with Crippen molar-refractivity contribution in [1.29, 1.82) is 0 Å². The average Bonchev–Trinajstić information content (AvgIpc) is 3.26. The molecule has 3 heterocycles. The fraction of sp³-hybridized carbons (Fsp3) is 0.364. The predicted octanol–water partition coefficient (Wildman–Crippen LogP) is 5.01. The number of ether oxygens (including phenoxy) is 1. The first-order valence-electron chi connectivity index (χ1n) is 10.1. The molecule has 4 aromatic rings. The minimum absolute atomic E-state index is 0.485. The molecule has 7 heteroatoms. The second-order valence-corrected chi connectivity index (χ2v) is 14.4. The molecule has 0 radical (unpaired) electrons. The van der Waals surface area contributed by atoms with Crippen LogP contribution in [0.4, 0.5) is 5.95 Å². The topological polar surface area (TPSA) is 56.4 Å². The molecule has 4 rings (SSSR count). The molecule has 1 N–H and O–H groups in total. The van der Waals surface area contributed by atoms with Gasteiger partial charge in [-0.05, 0) is 24.6 Å². The molecule has 0 atom stereocenters. The van der Waals surface area contributed by atoms with Gasteiger partial charge in [0.1, 0.15) is 6.73 Å². The van der Waals surface area contributed by atoms with E-state index >= 15 is 0 Å². The third-order valence-corrected chi connectivity index (χ3v) is 6.89. The number of anilines is 1. The van der Waals surface area contributed by atoms with Gasteiger partial charge in [0, 0.05) is 21.7 Å². The zero-order valence-electron chi connectivity index (χ0n) is 17.9. The zero-order chi connectivity index (χ0) is 20.6. The maximum atomic E-state index is 6.12. The predicted molar refractivity (Wildman–Crippen MR) is 122 cm³/mol. The number of hydrogen-bond acceptors (Lipinski definition) is 4. The van der Waals surface area contributed by atoms with Gasteiger partial charge < -0.3 is 14.6 Å². The summed E-state index contributed by atoms with van der Waals surface area (Å²) >= 11 is 0. The maximum Gasteiger partial charge on any atom is 0.207 e. The number of benzene rings is 1. The summed E-state index contributed by atoms with van der Waals surface area (Å²) in [6.45, 7) is 10.5. The molecule has 0 saturated heterocycles. The van der Waals surface area contributed by atoms with Crippen molar-refractivity contribution in [3.63, 3.8) is 0 Å². The van der Waals surface area contributed by atoms with E-state index in [2.05, 4.69) is 76.2 Å². The number of imidazole rings is 1. The number of fused-ring (bicyclic) bond motifs is 3. The van der Waals surface area contributed by atoms with Crippen LogP contribution >= 0.6 is 0 Å². The summed E-state index contributed by atoms with van der Waals surface area (Å²) in [5.74, 6) is 0.805. The fourth-order valence-corrected chi connectivity index (χ4v) is 4.22. The summed E-state index contributed by atoms with van der Waals surface area (Å²) in [4.78, 5) is 9.22. The van der Waals surface area contributed by atoms with Crippen molar-refractivity contribution in [2.75, 3.05) is 19.0 Å². The molecule has 0 aliphatic heterocycles. The molecule has 1 aromatic carbocycles. The van der Waals surface area contributed by atoms with E-state index in [1.165, 1.54) is 5.56 Å². The van der Waals surface area contributed by atoms with Gasteiger partial charge in [-0.2, -0.15) is 0 Å². The minimum Gasteiger partial charge on any atom is -0.361 e. The molecule has 3 aromatic heterocycles. The Morgan fingerprint density at radius 2 is 1.79 bits per heavy atom. The molecule has 0 unspecified atom stereocenters. The van der Waals surface area contributed by atoms with Gasteiger partial charge in [0.05, 0.1) is 29.1 Å². The second-order valence-electron chi connectivity index (χ2n) is 8.73. The van der Waals surface area contributed by atoms with Crippen molar-refractivity contribution in [2.45, 2.75) is 39.3 Å². The Kier molecular flexibility index (Phi) is 5.18. The lowest BCUT2D eigenvalue weighted by Gasteiger charge is -2.16. The molecule has 29 heavy (non-hydrogen) atoms. The highest BCUT2D eigenvalue weighted by Gasteiger charge is 2.17. The minimum atomic E-state index is -1.13. The van der Waals surface area contributed by atoms with E-state index < -0.39 is 8.07 Å². The highest BCUT2D eigenvalue weighted by Crippen LogP contribution is 2.29. The first-order chi connectivity index (χ1) is 13.9. The first kappa shape index (κ1) is 19.7. The van der Waals surface area contributed by atoms with Crippen LogP contribution in [0, 0.1) is 6.92 Å². The second kappa shape index (κ2) is 7.65. The average molecular weight is 408 g/mol. The van der Waals surface area contributed by atoms with Crippen molar-refractivity contribution in [3.8, 4) is 11.3 Å². The van der Waals surface area contributed by atoms with Gasteiger partial charge in [0.25, 0.3) is 0 Å². The lowest BCUT2D eigenvalue weighted by molar-refractivity contribution is 0.0909. The number of rotatable bonds is 7. The van der Waals surface area contributed by atoms with Gasteiger partial charge in [0.15, 0.2) is 5.65 Å². The number of aromatic nitrogens is 4. The van der Waals surface area contributed by atoms with Gasteiger partial charge in [0.2, 0.25) is 5.95 Å². The standard InChI is InChI=1S/C22H29N5OSi/c1-16-6-8-17(9-7-16)19-12-20-21(26(19)15-28-10-11-29(3,4)5)24-13-18-14-25-22(23-2)27(18)20/h6-9,12-14H,10-11,15H2,1-5H3,(H,23,25). The summed E-state index contributed by atoms with van der Waals surface area (Å²) in [7, 11) is 0.760. The largest absolute Gasteiger partial charge is 0.361 e. The Bertz CT molecular complexity index is 1140. The Hall–Kier alpha value is -2.64. The highest BCUT2D eigenvalue weighted by molar-refractivity contribution is 6.76. The van der Waals surface area contributed by atoms with Crippen LogP contribution in [0.25, 0.3) is 27.9 Å². The van der Waals surface area contributed by atoms with Crippen molar-refractivity contribution in [1.82, 2.24) is 18.9 Å². The maximum absolute atomic E-state index is 6.12. The lowest BCUT2D eigenvalue weighted by atomic mass is 10.1. The Morgan fingerprint density at radius 3 is 2.48 bits per heavy atom. The van der Waals surface area contributed by atoms with Gasteiger partial charge in [-0.3, -0.25) is 4.40 Å². The third kappa shape index (κ3) is 3.93. The monoisotopic (exact) mass is 407 g/mol. The van der Waals surface area contributed by atoms with E-state index in [1.54, 1.807) is 0 Å². The van der Waals surface area contributed by atoms with E-state index in [9.17, 15) is 0 Å². The van der Waals surface area contributed by atoms with E-state index in [-0.39, 0.29) is 0 Å². The van der Waals surface area contributed by atoms with Crippen LogP contribution in [-0.2, 0) is 11.5 Å². The lowest BCUT2D eigenvalue weighted by Crippen LogP contribution is -2.22. The molecule has 152 valence electrons. The smallest absolute Gasteiger partial charge is 0.207 e. The third-order valence-electron chi connectivity index (χ3n) is 5.19. The molecule has 0 spiro atoms. The molecule has 0 fully saturated rings. The molecular weight excluding hydrogens is 378 g/mol. The highest BCUT2D eigenvalue weighted by atomic mass is 28.3. The Morgan fingerprint density at radius 1 is 1.07 bits per heavy atom. The molecule has 0 bridgehead atoms. The molecule has 0 aliphatic carbocycles. The number of nitrogens with one attached hydrogen (secondary N) is 1. The van der Waals surface area contributed by atoms with Crippen molar-refractivity contribution in [3.05, 3.63) is 48.3 Å². The molecule has 6 nitrogen and oxygen atoms in total. The summed E-state index contributed by atoms with van der Waals surface area (Å²) in [6, 6.07) is 11.9. The van der Waals surface area contributed by atoms with Crippen LogP contribution in [0.2, 0.25) is 25.7 Å². The van der Waals surface area contributed by atoms with Gasteiger partial charge in [-0.25, -0.2) is 9.97 Å². The molecule has 0 amide bonds. The molecule has 0 saturated carbocycles. The Labute approximate surface area is 172 Å². The fourth-order valence-electron chi connectivity index (χ4n) is 3.47. The normalized spacial score (nSPS) is 12.2. The van der Waals surface area contributed by atoms with Crippen molar-refractivity contribution < 1.29 is 4.74 Å². The van der Waals surface area contributed by atoms with Crippen LogP contribution in [0.15, 0.2) is 42.7 Å². The van der Waals surface area contributed by atoms with Crippen molar-refractivity contribution in [2.24, 2.45) is 0 Å². The summed E-state index contributed by atoms with van der Waals surface area (Å²) < 4.78 is 10.4. The number of aryl methyl sites for hydroxylation is 1. The van der Waals surface area contributed by atoms with Crippen LogP contribution in [0.1, 0.15) is 5.56 Å². The summed E-state index contributed by atoms with van der Waals surface area (Å²) in [6.07, 6.45) is 3.71. The van der Waals surface area contributed by atoms with E-state index in [1.807, 2.05) is 19.4 Å². The van der Waals surface area contributed by atoms with Crippen LogP contribution < -0.4 is 5.32 Å². The van der Waals surface area contributed by atoms with Crippen LogP contribution in [0.3, 0.4) is 0 Å². The molecular formula is C22H29N5OSi. The van der Waals surface area contributed by atoms with Gasteiger partial charge in [-0.15, -0.1) is 0 Å².